The van der Waals surface area contributed by atoms with Crippen LogP contribution < -0.4 is 24.2 Å². The fourth-order valence-electron chi connectivity index (χ4n) is 3.96. The van der Waals surface area contributed by atoms with Gasteiger partial charge in [0.05, 0.1) is 21.3 Å². The number of fused-ring (bicyclic) bond motifs is 2. The van der Waals surface area contributed by atoms with Gasteiger partial charge >= 0.3 is 0 Å². The third kappa shape index (κ3) is 3.64. The van der Waals surface area contributed by atoms with Gasteiger partial charge in [0.1, 0.15) is 15.9 Å². The van der Waals surface area contributed by atoms with E-state index in [1.54, 1.807) is 34.4 Å². The van der Waals surface area contributed by atoms with Crippen LogP contribution in [-0.2, 0) is 13.1 Å². The second-order valence-corrected chi connectivity index (χ2v) is 10.6. The largest absolute Gasteiger partial charge is 0.338 e. The maximum atomic E-state index is 13.1. The maximum absolute atomic E-state index is 13.1. The molecule has 162 valence electrons. The van der Waals surface area contributed by atoms with Crippen molar-refractivity contribution in [2.75, 3.05) is 11.9 Å². The lowest BCUT2D eigenvalue weighted by atomic mass is 10.3. The standard InChI is InChI=1S/C25H24N3OS3/c1-4-27-18-11-7-9-13-20(18)31-23(27)16-24-28(5-2)25(29)21(32-24)14-15-22-26(3)17-10-6-8-12-19(17)30-22/h6-16H,4-5H2,1-3H3/q+1. The Morgan fingerprint density at radius 2 is 1.78 bits per heavy atom. The smallest absolute Gasteiger partial charge is 0.269 e. The van der Waals surface area contributed by atoms with Crippen LogP contribution in [0.4, 0.5) is 5.69 Å². The van der Waals surface area contributed by atoms with E-state index in [1.807, 2.05) is 17.6 Å². The Morgan fingerprint density at radius 1 is 1.00 bits per heavy atom. The Hall–Kier alpha value is -2.61. The number of hydrogen-bond acceptors (Lipinski definition) is 5. The van der Waals surface area contributed by atoms with Gasteiger partial charge in [0.25, 0.3) is 10.6 Å². The Kier molecular flexibility index (Phi) is 5.80. The van der Waals surface area contributed by atoms with Gasteiger partial charge < -0.3 is 4.90 Å². The number of rotatable bonds is 4. The van der Waals surface area contributed by atoms with E-state index in [2.05, 4.69) is 84.1 Å². The van der Waals surface area contributed by atoms with E-state index < -0.39 is 0 Å². The first-order valence-electron chi connectivity index (χ1n) is 10.7. The topological polar surface area (TPSA) is 29.1 Å². The minimum absolute atomic E-state index is 0.0768. The fourth-order valence-corrected chi connectivity index (χ4v) is 7.30. The summed E-state index contributed by atoms with van der Waals surface area (Å²) in [5.74, 6) is 0. The summed E-state index contributed by atoms with van der Waals surface area (Å²) in [6, 6.07) is 16.8. The van der Waals surface area contributed by atoms with Crippen molar-refractivity contribution in [1.82, 2.24) is 4.57 Å². The van der Waals surface area contributed by atoms with Gasteiger partial charge in [0.15, 0.2) is 0 Å². The third-order valence-corrected chi connectivity index (χ3v) is 8.98. The highest BCUT2D eigenvalue weighted by Gasteiger charge is 2.21. The quantitative estimate of drug-likeness (QED) is 0.413. The van der Waals surface area contributed by atoms with Crippen molar-refractivity contribution in [3.8, 4) is 0 Å². The molecule has 0 aliphatic carbocycles. The molecule has 0 bridgehead atoms. The summed E-state index contributed by atoms with van der Waals surface area (Å²) >= 11 is 5.07. The first-order chi connectivity index (χ1) is 15.6. The number of thiazole rings is 2. The minimum Gasteiger partial charge on any atom is -0.338 e. The molecule has 4 aromatic rings. The van der Waals surface area contributed by atoms with Crippen LogP contribution in [0.5, 0.6) is 0 Å². The molecule has 0 N–H and O–H groups in total. The summed E-state index contributed by atoms with van der Waals surface area (Å²) in [6.45, 7) is 5.75. The highest BCUT2D eigenvalue weighted by Crippen LogP contribution is 2.44. The molecule has 32 heavy (non-hydrogen) atoms. The molecular weight excluding hydrogens is 454 g/mol. The van der Waals surface area contributed by atoms with Gasteiger partial charge in [-0.15, -0.1) is 11.3 Å². The lowest BCUT2D eigenvalue weighted by Gasteiger charge is -2.12. The molecule has 2 aromatic carbocycles. The molecule has 0 spiro atoms. The van der Waals surface area contributed by atoms with Gasteiger partial charge in [-0.1, -0.05) is 47.4 Å². The number of nitrogens with zero attached hydrogens (tertiary/aromatic N) is 3. The molecule has 0 atom stereocenters. The summed E-state index contributed by atoms with van der Waals surface area (Å²) in [7, 11) is 2.07. The summed E-state index contributed by atoms with van der Waals surface area (Å²) < 4.78 is 7.21. The molecule has 0 saturated heterocycles. The zero-order valence-electron chi connectivity index (χ0n) is 18.2. The molecule has 0 radical (unpaired) electrons. The zero-order valence-corrected chi connectivity index (χ0v) is 20.7. The Morgan fingerprint density at radius 3 is 2.56 bits per heavy atom. The van der Waals surface area contributed by atoms with Crippen LogP contribution >= 0.6 is 34.4 Å². The third-order valence-electron chi connectivity index (χ3n) is 5.60. The van der Waals surface area contributed by atoms with Crippen molar-refractivity contribution in [3.63, 3.8) is 0 Å². The SMILES string of the molecule is CCn1c(=Cc2sc3ccccc3[n+]2CC)sc(=CC=C2Sc3ccccc3N2C)c1=O. The molecule has 7 heteroatoms. The van der Waals surface area contributed by atoms with Gasteiger partial charge in [0, 0.05) is 24.6 Å². The first-order valence-corrected chi connectivity index (χ1v) is 13.1. The van der Waals surface area contributed by atoms with Crippen molar-refractivity contribution >= 4 is 62.5 Å². The molecule has 1 aliphatic heterocycles. The Balaban J connectivity index is 1.60. The van der Waals surface area contributed by atoms with Crippen LogP contribution in [0, 0.1) is 0 Å². The van der Waals surface area contributed by atoms with Gasteiger partial charge in [-0.05, 0) is 44.2 Å². The predicted octanol–water partition coefficient (Wildman–Crippen LogP) is 4.14. The molecule has 0 unspecified atom stereocenters. The average Bonchev–Trinajstić information content (AvgIpc) is 3.43. The number of aromatic nitrogens is 2. The highest BCUT2D eigenvalue weighted by molar-refractivity contribution is 8.03. The molecule has 1 aliphatic rings. The normalized spacial score (nSPS) is 16.0. The van der Waals surface area contributed by atoms with Crippen molar-refractivity contribution < 1.29 is 4.57 Å². The van der Waals surface area contributed by atoms with Crippen LogP contribution in [0.15, 0.2) is 69.3 Å². The molecular formula is C25H24N3OS3+. The number of aryl methyl sites for hydroxylation is 1. The van der Waals surface area contributed by atoms with Crippen LogP contribution in [0.3, 0.4) is 0 Å². The number of thioether (sulfide) groups is 1. The van der Waals surface area contributed by atoms with Crippen molar-refractivity contribution in [3.05, 3.63) is 84.2 Å². The van der Waals surface area contributed by atoms with Gasteiger partial charge in [-0.3, -0.25) is 9.36 Å². The Bertz CT molecular complexity index is 1520. The highest BCUT2D eigenvalue weighted by atomic mass is 32.2. The van der Waals surface area contributed by atoms with E-state index in [9.17, 15) is 4.79 Å². The number of benzene rings is 2. The molecule has 2 aromatic heterocycles. The summed E-state index contributed by atoms with van der Waals surface area (Å²) in [5, 5.41) is 2.30. The van der Waals surface area contributed by atoms with Crippen LogP contribution in [-0.4, -0.2) is 11.6 Å². The minimum atomic E-state index is 0.0768. The van der Waals surface area contributed by atoms with Crippen LogP contribution in [0.1, 0.15) is 18.9 Å². The average molecular weight is 479 g/mol. The fraction of sp³-hybridized carbons (Fsp3) is 0.200. The lowest BCUT2D eigenvalue weighted by molar-refractivity contribution is -0.665. The molecule has 0 amide bonds. The number of para-hydroxylation sites is 2. The van der Waals surface area contributed by atoms with Gasteiger partial charge in [-0.25, -0.2) is 0 Å². The summed E-state index contributed by atoms with van der Waals surface area (Å²) in [6.07, 6.45) is 6.20. The summed E-state index contributed by atoms with van der Waals surface area (Å²) in [4.78, 5) is 16.5. The monoisotopic (exact) mass is 478 g/mol. The maximum Gasteiger partial charge on any atom is 0.269 e. The molecule has 0 saturated carbocycles. The van der Waals surface area contributed by atoms with Crippen molar-refractivity contribution in [2.24, 2.45) is 0 Å². The second kappa shape index (κ2) is 8.73. The molecule has 3 heterocycles. The number of anilines is 1. The van der Waals surface area contributed by atoms with Crippen molar-refractivity contribution in [2.45, 2.75) is 31.8 Å². The van der Waals surface area contributed by atoms with E-state index in [1.165, 1.54) is 25.8 Å². The molecule has 5 rings (SSSR count). The Labute approximate surface area is 199 Å². The number of hydrogen-bond donors (Lipinski definition) is 0. The predicted molar refractivity (Wildman–Crippen MR) is 138 cm³/mol. The first kappa shape index (κ1) is 21.2. The zero-order chi connectivity index (χ0) is 22.2. The van der Waals surface area contributed by atoms with E-state index in [0.29, 0.717) is 6.54 Å². The van der Waals surface area contributed by atoms with Crippen LogP contribution in [0.25, 0.3) is 22.4 Å². The molecule has 0 fully saturated rings. The van der Waals surface area contributed by atoms with E-state index in [4.69, 9.17) is 0 Å². The summed E-state index contributed by atoms with van der Waals surface area (Å²) in [5.41, 5.74) is 2.52. The molecule has 4 nitrogen and oxygen atoms in total. The van der Waals surface area contributed by atoms with Crippen molar-refractivity contribution in [1.29, 1.82) is 0 Å². The number of allylic oxidation sites excluding steroid dienone is 1. The second-order valence-electron chi connectivity index (χ2n) is 7.45. The van der Waals surface area contributed by atoms with E-state index in [0.717, 1.165) is 20.8 Å². The van der Waals surface area contributed by atoms with Gasteiger partial charge in [0.2, 0.25) is 5.52 Å². The lowest BCUT2D eigenvalue weighted by Crippen LogP contribution is -2.35. The van der Waals surface area contributed by atoms with Gasteiger partial charge in [-0.2, -0.15) is 4.57 Å². The van der Waals surface area contributed by atoms with E-state index in [-0.39, 0.29) is 5.56 Å². The van der Waals surface area contributed by atoms with E-state index >= 15 is 0 Å². The van der Waals surface area contributed by atoms with Crippen LogP contribution in [0.2, 0.25) is 0 Å².